The predicted octanol–water partition coefficient (Wildman–Crippen LogP) is 3.45. The van der Waals surface area contributed by atoms with Crippen molar-refractivity contribution >= 4 is 40.7 Å². The highest BCUT2D eigenvalue weighted by Gasteiger charge is 2.79. The maximum atomic E-state index is 14.0. The summed E-state index contributed by atoms with van der Waals surface area (Å²) < 4.78 is 6.69. The van der Waals surface area contributed by atoms with E-state index in [1.807, 2.05) is 25.1 Å². The van der Waals surface area contributed by atoms with Gasteiger partial charge in [-0.1, -0.05) is 48.9 Å². The number of carbonyl (C=O) groups is 3. The van der Waals surface area contributed by atoms with Gasteiger partial charge in [0.15, 0.2) is 0 Å². The first-order valence-electron chi connectivity index (χ1n) is 12.3. The first-order chi connectivity index (χ1) is 17.3. The molecule has 3 amide bonds. The van der Waals surface area contributed by atoms with E-state index in [0.29, 0.717) is 35.7 Å². The Labute approximate surface area is 215 Å². The number of nitrogens with zero attached hydrogens (tertiary/aromatic N) is 1. The SMILES string of the molecule is CC[C@@]12CCC3(O1)C(C(=O)Nc1ccccc1Cl)N([C@H](C)CO)C(=O)[C@@H]3[C@@H]2C(=O)Nc1ccccc1. The number of aliphatic hydroxyl groups is 1. The van der Waals surface area contributed by atoms with E-state index in [0.717, 1.165) is 0 Å². The fourth-order valence-electron chi connectivity index (χ4n) is 6.42. The highest BCUT2D eigenvalue weighted by atomic mass is 35.5. The van der Waals surface area contributed by atoms with E-state index in [9.17, 15) is 19.5 Å². The fourth-order valence-corrected chi connectivity index (χ4v) is 6.60. The van der Waals surface area contributed by atoms with E-state index in [1.54, 1.807) is 43.3 Å². The number of hydrogen-bond donors (Lipinski definition) is 3. The molecule has 9 heteroatoms. The molecular formula is C27H30ClN3O5. The molecule has 5 rings (SSSR count). The molecule has 190 valence electrons. The van der Waals surface area contributed by atoms with E-state index < -0.39 is 41.0 Å². The average molecular weight is 512 g/mol. The van der Waals surface area contributed by atoms with Crippen molar-refractivity contribution in [3.8, 4) is 0 Å². The first kappa shape index (κ1) is 24.7. The normalized spacial score (nSPS) is 31.3. The van der Waals surface area contributed by atoms with Crippen molar-refractivity contribution in [2.24, 2.45) is 11.8 Å². The molecule has 0 aliphatic carbocycles. The number of nitrogens with one attached hydrogen (secondary N) is 2. The molecule has 3 heterocycles. The number of para-hydroxylation sites is 2. The number of ether oxygens (including phenoxy) is 1. The zero-order chi connectivity index (χ0) is 25.7. The smallest absolute Gasteiger partial charge is 0.250 e. The second kappa shape index (κ2) is 9.18. The molecule has 0 saturated carbocycles. The van der Waals surface area contributed by atoms with Gasteiger partial charge in [-0.2, -0.15) is 0 Å². The van der Waals surface area contributed by atoms with Crippen molar-refractivity contribution in [2.45, 2.75) is 56.4 Å². The van der Waals surface area contributed by atoms with Gasteiger partial charge in [0.2, 0.25) is 17.7 Å². The number of aliphatic hydroxyl groups excluding tert-OH is 1. The Bertz CT molecular complexity index is 1190. The number of hydrogen-bond acceptors (Lipinski definition) is 5. The summed E-state index contributed by atoms with van der Waals surface area (Å²) in [6.45, 7) is 3.30. The van der Waals surface area contributed by atoms with Crippen molar-refractivity contribution in [1.29, 1.82) is 0 Å². The van der Waals surface area contributed by atoms with Gasteiger partial charge < -0.3 is 25.4 Å². The number of carbonyl (C=O) groups excluding carboxylic acids is 3. The Morgan fingerprint density at radius 2 is 1.81 bits per heavy atom. The Morgan fingerprint density at radius 3 is 2.47 bits per heavy atom. The number of amides is 3. The van der Waals surface area contributed by atoms with E-state index in [4.69, 9.17) is 16.3 Å². The Hall–Kier alpha value is -2.94. The molecule has 3 N–H and O–H groups in total. The predicted molar refractivity (Wildman–Crippen MR) is 135 cm³/mol. The van der Waals surface area contributed by atoms with Gasteiger partial charge in [0.25, 0.3) is 0 Å². The third-order valence-corrected chi connectivity index (χ3v) is 8.39. The lowest BCUT2D eigenvalue weighted by molar-refractivity contribution is -0.147. The van der Waals surface area contributed by atoms with Crippen molar-refractivity contribution in [3.63, 3.8) is 0 Å². The van der Waals surface area contributed by atoms with E-state index >= 15 is 0 Å². The van der Waals surface area contributed by atoms with Gasteiger partial charge in [-0.15, -0.1) is 0 Å². The van der Waals surface area contributed by atoms with Gasteiger partial charge in [-0.05, 0) is 50.5 Å². The van der Waals surface area contributed by atoms with Crippen molar-refractivity contribution in [1.82, 2.24) is 4.90 Å². The van der Waals surface area contributed by atoms with Crippen molar-refractivity contribution in [3.05, 3.63) is 59.6 Å². The molecule has 3 fully saturated rings. The quantitative estimate of drug-likeness (QED) is 0.527. The van der Waals surface area contributed by atoms with Crippen LogP contribution in [0.2, 0.25) is 5.02 Å². The lowest BCUT2D eigenvalue weighted by atomic mass is 9.65. The molecular weight excluding hydrogens is 482 g/mol. The molecule has 3 saturated heterocycles. The largest absolute Gasteiger partial charge is 0.394 e. The molecule has 8 nitrogen and oxygen atoms in total. The van der Waals surface area contributed by atoms with Gasteiger partial charge in [-0.25, -0.2) is 0 Å². The number of benzene rings is 2. The number of fused-ring (bicyclic) bond motifs is 1. The van der Waals surface area contributed by atoms with Crippen LogP contribution in [0.5, 0.6) is 0 Å². The van der Waals surface area contributed by atoms with Crippen LogP contribution in [0, 0.1) is 11.8 Å². The van der Waals surface area contributed by atoms with Gasteiger partial charge in [0, 0.05) is 5.69 Å². The van der Waals surface area contributed by atoms with Crippen LogP contribution in [0.25, 0.3) is 0 Å². The van der Waals surface area contributed by atoms with Crippen LogP contribution in [0.3, 0.4) is 0 Å². The average Bonchev–Trinajstić information content (AvgIpc) is 3.49. The van der Waals surface area contributed by atoms with Crippen LogP contribution in [0.4, 0.5) is 11.4 Å². The minimum atomic E-state index is -1.18. The molecule has 2 unspecified atom stereocenters. The molecule has 1 spiro atoms. The zero-order valence-electron chi connectivity index (χ0n) is 20.2. The van der Waals surface area contributed by atoms with Crippen LogP contribution in [-0.4, -0.2) is 57.6 Å². The Balaban J connectivity index is 1.55. The minimum absolute atomic E-state index is 0.299. The first-order valence-corrected chi connectivity index (χ1v) is 12.7. The summed E-state index contributed by atoms with van der Waals surface area (Å²) in [4.78, 5) is 42.9. The second-order valence-electron chi connectivity index (χ2n) is 9.93. The fraction of sp³-hybridized carbons (Fsp3) is 0.444. The standard InChI is InChI=1S/C27H30ClN3O5/c1-3-26-13-14-27(36-26)21(20(26)23(33)29-17-9-5-4-6-10-17)25(35)31(16(2)15-32)22(27)24(34)30-19-12-8-7-11-18(19)28/h4-12,16,20-22,32H,3,13-15H2,1-2H3,(H,29,33)(H,30,34)/t16-,20-,21+,22?,26+,27?/m1/s1. The maximum absolute atomic E-state index is 14.0. The highest BCUT2D eigenvalue weighted by Crippen LogP contribution is 2.64. The van der Waals surface area contributed by atoms with Crippen molar-refractivity contribution in [2.75, 3.05) is 17.2 Å². The number of likely N-dealkylation sites (tertiary alicyclic amines) is 1. The zero-order valence-corrected chi connectivity index (χ0v) is 21.0. The molecule has 2 bridgehead atoms. The van der Waals surface area contributed by atoms with Crippen LogP contribution in [0.15, 0.2) is 54.6 Å². The second-order valence-corrected chi connectivity index (χ2v) is 10.3. The molecule has 2 aromatic rings. The van der Waals surface area contributed by atoms with Gasteiger partial charge in [0.1, 0.15) is 11.6 Å². The molecule has 0 aromatic heterocycles. The molecule has 3 aliphatic heterocycles. The third kappa shape index (κ3) is 3.62. The number of rotatable bonds is 7. The summed E-state index contributed by atoms with van der Waals surface area (Å²) in [5, 5.41) is 16.2. The van der Waals surface area contributed by atoms with E-state index in [-0.39, 0.29) is 18.4 Å². The Morgan fingerprint density at radius 1 is 1.11 bits per heavy atom. The minimum Gasteiger partial charge on any atom is -0.394 e. The van der Waals surface area contributed by atoms with Gasteiger partial charge >= 0.3 is 0 Å². The monoisotopic (exact) mass is 511 g/mol. The molecule has 6 atom stereocenters. The molecule has 2 aromatic carbocycles. The van der Waals surface area contributed by atoms with Crippen LogP contribution in [0.1, 0.15) is 33.1 Å². The summed E-state index contributed by atoms with van der Waals surface area (Å²) >= 11 is 6.28. The number of anilines is 2. The lowest BCUT2D eigenvalue weighted by Crippen LogP contribution is -2.55. The summed E-state index contributed by atoms with van der Waals surface area (Å²) in [6.07, 6.45) is 1.54. The lowest BCUT2D eigenvalue weighted by Gasteiger charge is -2.36. The highest BCUT2D eigenvalue weighted by molar-refractivity contribution is 6.33. The van der Waals surface area contributed by atoms with Crippen LogP contribution < -0.4 is 10.6 Å². The number of halogens is 1. The third-order valence-electron chi connectivity index (χ3n) is 8.06. The summed E-state index contributed by atoms with van der Waals surface area (Å²) in [6, 6.07) is 14.3. The van der Waals surface area contributed by atoms with E-state index in [1.165, 1.54) is 4.90 Å². The Kier molecular flexibility index (Phi) is 6.31. The topological polar surface area (TPSA) is 108 Å². The van der Waals surface area contributed by atoms with E-state index in [2.05, 4.69) is 10.6 Å². The van der Waals surface area contributed by atoms with Gasteiger partial charge in [0.05, 0.1) is 40.8 Å². The summed E-state index contributed by atoms with van der Waals surface area (Å²) in [5.41, 5.74) is -0.981. The maximum Gasteiger partial charge on any atom is 0.250 e. The van der Waals surface area contributed by atoms with Crippen LogP contribution >= 0.6 is 11.6 Å². The van der Waals surface area contributed by atoms with Crippen molar-refractivity contribution < 1.29 is 24.2 Å². The molecule has 36 heavy (non-hydrogen) atoms. The summed E-state index contributed by atoms with van der Waals surface area (Å²) in [5.74, 6) is -2.71. The van der Waals surface area contributed by atoms with Crippen LogP contribution in [-0.2, 0) is 19.1 Å². The molecule has 3 aliphatic rings. The van der Waals surface area contributed by atoms with Gasteiger partial charge in [-0.3, -0.25) is 14.4 Å². The molecule has 0 radical (unpaired) electrons. The summed E-state index contributed by atoms with van der Waals surface area (Å²) in [7, 11) is 0.